The van der Waals surface area contributed by atoms with Gasteiger partial charge in [-0.05, 0) is 39.3 Å². The molecule has 0 aromatic heterocycles. The predicted octanol–water partition coefficient (Wildman–Crippen LogP) is 3.17. The first-order chi connectivity index (χ1) is 9.51. The van der Waals surface area contributed by atoms with Crippen molar-refractivity contribution in [2.24, 2.45) is 0 Å². The summed E-state index contributed by atoms with van der Waals surface area (Å²) in [4.78, 5) is 0. The lowest BCUT2D eigenvalue weighted by Crippen LogP contribution is -2.38. The highest BCUT2D eigenvalue weighted by Crippen LogP contribution is 2.17. The lowest BCUT2D eigenvalue weighted by atomic mass is 10.1. The Balaban J connectivity index is 2.31. The summed E-state index contributed by atoms with van der Waals surface area (Å²) in [5, 5.41) is 15.3. The predicted molar refractivity (Wildman–Crippen MR) is 83.0 cm³/mol. The van der Waals surface area contributed by atoms with E-state index in [0.29, 0.717) is 13.0 Å². The van der Waals surface area contributed by atoms with Gasteiger partial charge in [0.05, 0.1) is 12.7 Å². The van der Waals surface area contributed by atoms with Crippen molar-refractivity contribution in [2.75, 3.05) is 25.0 Å². The molecule has 1 rings (SSSR count). The zero-order valence-corrected chi connectivity index (χ0v) is 12.7. The molecule has 1 aromatic rings. The SMILES string of the molecule is CC(C)(C)NCCNc1cccc(OCCCC#N)c1. The van der Waals surface area contributed by atoms with Gasteiger partial charge in [-0.2, -0.15) is 5.26 Å². The number of ether oxygens (including phenoxy) is 1. The minimum Gasteiger partial charge on any atom is -0.493 e. The van der Waals surface area contributed by atoms with Crippen LogP contribution in [-0.4, -0.2) is 25.2 Å². The first-order valence-corrected chi connectivity index (χ1v) is 7.10. The second-order valence-corrected chi connectivity index (χ2v) is 5.74. The highest BCUT2D eigenvalue weighted by molar-refractivity contribution is 5.48. The third-order valence-corrected chi connectivity index (χ3v) is 2.65. The molecule has 0 aliphatic carbocycles. The monoisotopic (exact) mass is 275 g/mol. The lowest BCUT2D eigenvalue weighted by Gasteiger charge is -2.20. The van der Waals surface area contributed by atoms with Crippen molar-refractivity contribution < 1.29 is 4.74 Å². The topological polar surface area (TPSA) is 57.1 Å². The molecule has 0 fully saturated rings. The van der Waals surface area contributed by atoms with E-state index >= 15 is 0 Å². The third-order valence-electron chi connectivity index (χ3n) is 2.65. The van der Waals surface area contributed by atoms with Crippen LogP contribution in [0.4, 0.5) is 5.69 Å². The van der Waals surface area contributed by atoms with E-state index in [1.54, 1.807) is 0 Å². The first kappa shape index (κ1) is 16.3. The Kier molecular flexibility index (Phi) is 6.89. The van der Waals surface area contributed by atoms with Gasteiger partial charge in [-0.1, -0.05) is 6.07 Å². The molecule has 0 bridgehead atoms. The van der Waals surface area contributed by atoms with E-state index in [0.717, 1.165) is 30.9 Å². The van der Waals surface area contributed by atoms with E-state index in [2.05, 4.69) is 37.5 Å². The minimum absolute atomic E-state index is 0.146. The Morgan fingerprint density at radius 2 is 2.05 bits per heavy atom. The highest BCUT2D eigenvalue weighted by Gasteiger charge is 2.07. The van der Waals surface area contributed by atoms with E-state index in [9.17, 15) is 0 Å². The average molecular weight is 275 g/mol. The Morgan fingerprint density at radius 1 is 1.25 bits per heavy atom. The summed E-state index contributed by atoms with van der Waals surface area (Å²) in [6.45, 7) is 8.84. The van der Waals surface area contributed by atoms with Crippen LogP contribution in [0.25, 0.3) is 0 Å². The van der Waals surface area contributed by atoms with E-state index in [1.165, 1.54) is 0 Å². The number of hydrogen-bond acceptors (Lipinski definition) is 4. The molecule has 0 amide bonds. The van der Waals surface area contributed by atoms with Gasteiger partial charge in [0.1, 0.15) is 5.75 Å². The maximum absolute atomic E-state index is 8.46. The molecule has 0 aliphatic heterocycles. The van der Waals surface area contributed by atoms with E-state index in [4.69, 9.17) is 10.00 Å². The summed E-state index contributed by atoms with van der Waals surface area (Å²) in [6.07, 6.45) is 1.31. The maximum Gasteiger partial charge on any atom is 0.121 e. The number of unbranched alkanes of at least 4 members (excludes halogenated alkanes) is 1. The number of nitrogens with zero attached hydrogens (tertiary/aromatic N) is 1. The van der Waals surface area contributed by atoms with E-state index < -0.39 is 0 Å². The molecule has 4 heteroatoms. The van der Waals surface area contributed by atoms with Gasteiger partial charge in [0.25, 0.3) is 0 Å². The summed E-state index contributed by atoms with van der Waals surface area (Å²) >= 11 is 0. The molecule has 0 aliphatic rings. The summed E-state index contributed by atoms with van der Waals surface area (Å²) in [5.74, 6) is 0.844. The summed E-state index contributed by atoms with van der Waals surface area (Å²) in [7, 11) is 0. The zero-order chi connectivity index (χ0) is 14.8. The number of nitrogens with one attached hydrogen (secondary N) is 2. The molecular weight excluding hydrogens is 250 g/mol. The van der Waals surface area contributed by atoms with Crippen LogP contribution in [0.5, 0.6) is 5.75 Å². The van der Waals surface area contributed by atoms with Crippen LogP contribution in [0.2, 0.25) is 0 Å². The second-order valence-electron chi connectivity index (χ2n) is 5.74. The molecule has 0 unspecified atom stereocenters. The minimum atomic E-state index is 0.146. The summed E-state index contributed by atoms with van der Waals surface area (Å²) in [6, 6.07) is 10.0. The zero-order valence-electron chi connectivity index (χ0n) is 12.7. The van der Waals surface area contributed by atoms with Crippen molar-refractivity contribution in [1.82, 2.24) is 5.32 Å². The van der Waals surface area contributed by atoms with Crippen LogP contribution < -0.4 is 15.4 Å². The molecule has 0 saturated heterocycles. The maximum atomic E-state index is 8.46. The quantitative estimate of drug-likeness (QED) is 0.715. The fraction of sp³-hybridized carbons (Fsp3) is 0.562. The number of benzene rings is 1. The molecule has 110 valence electrons. The molecule has 0 heterocycles. The molecule has 4 nitrogen and oxygen atoms in total. The van der Waals surface area contributed by atoms with E-state index in [-0.39, 0.29) is 5.54 Å². The highest BCUT2D eigenvalue weighted by atomic mass is 16.5. The average Bonchev–Trinajstić information content (AvgIpc) is 2.39. The van der Waals surface area contributed by atoms with E-state index in [1.807, 2.05) is 24.3 Å². The van der Waals surface area contributed by atoms with Crippen LogP contribution in [0.15, 0.2) is 24.3 Å². The second kappa shape index (κ2) is 8.44. The van der Waals surface area contributed by atoms with Crippen LogP contribution in [0, 0.1) is 11.3 Å². The largest absolute Gasteiger partial charge is 0.493 e. The lowest BCUT2D eigenvalue weighted by molar-refractivity contribution is 0.313. The smallest absolute Gasteiger partial charge is 0.121 e. The molecular formula is C16H25N3O. The summed E-state index contributed by atoms with van der Waals surface area (Å²) in [5.41, 5.74) is 1.20. The Labute approximate surface area is 122 Å². The van der Waals surface area contributed by atoms with Crippen molar-refractivity contribution >= 4 is 5.69 Å². The van der Waals surface area contributed by atoms with Crippen molar-refractivity contribution in [3.8, 4) is 11.8 Å². The fourth-order valence-electron chi connectivity index (χ4n) is 1.68. The third kappa shape index (κ3) is 7.65. The Bertz CT molecular complexity index is 432. The number of rotatable bonds is 8. The normalized spacial score (nSPS) is 10.9. The van der Waals surface area contributed by atoms with Gasteiger partial charge in [0.2, 0.25) is 0 Å². The van der Waals surface area contributed by atoms with Gasteiger partial charge >= 0.3 is 0 Å². The first-order valence-electron chi connectivity index (χ1n) is 7.10. The summed E-state index contributed by atoms with van der Waals surface area (Å²) < 4.78 is 5.60. The van der Waals surface area contributed by atoms with Gasteiger partial charge in [0.15, 0.2) is 0 Å². The molecule has 0 saturated carbocycles. The molecule has 2 N–H and O–H groups in total. The van der Waals surface area contributed by atoms with Gasteiger partial charge in [-0.15, -0.1) is 0 Å². The van der Waals surface area contributed by atoms with Crippen LogP contribution >= 0.6 is 0 Å². The van der Waals surface area contributed by atoms with Gasteiger partial charge in [-0.3, -0.25) is 0 Å². The Morgan fingerprint density at radius 3 is 2.75 bits per heavy atom. The standard InChI is InChI=1S/C16H25N3O/c1-16(2,3)19-11-10-18-14-7-6-8-15(13-14)20-12-5-4-9-17/h6-8,13,18-19H,4-5,10-12H2,1-3H3. The van der Waals surface area contributed by atoms with Crippen LogP contribution in [-0.2, 0) is 0 Å². The molecule has 0 spiro atoms. The van der Waals surface area contributed by atoms with Crippen molar-refractivity contribution in [3.63, 3.8) is 0 Å². The van der Waals surface area contributed by atoms with Gasteiger partial charge in [-0.25, -0.2) is 0 Å². The van der Waals surface area contributed by atoms with Crippen LogP contribution in [0.1, 0.15) is 33.6 Å². The molecule has 20 heavy (non-hydrogen) atoms. The fourth-order valence-corrected chi connectivity index (χ4v) is 1.68. The molecule has 0 radical (unpaired) electrons. The van der Waals surface area contributed by atoms with Crippen molar-refractivity contribution in [3.05, 3.63) is 24.3 Å². The Hall–Kier alpha value is -1.73. The number of nitriles is 1. The molecule has 1 aromatic carbocycles. The van der Waals surface area contributed by atoms with Gasteiger partial charge < -0.3 is 15.4 Å². The number of anilines is 1. The van der Waals surface area contributed by atoms with Crippen molar-refractivity contribution in [1.29, 1.82) is 5.26 Å². The number of hydrogen-bond donors (Lipinski definition) is 2. The molecule has 0 atom stereocenters. The van der Waals surface area contributed by atoms with Gasteiger partial charge in [0, 0.05) is 36.8 Å². The van der Waals surface area contributed by atoms with Crippen molar-refractivity contribution in [2.45, 2.75) is 39.2 Å². The van der Waals surface area contributed by atoms with Crippen LogP contribution in [0.3, 0.4) is 0 Å².